The first-order chi connectivity index (χ1) is 8.99. The molecule has 0 aromatic heterocycles. The van der Waals surface area contributed by atoms with Crippen molar-refractivity contribution in [1.82, 2.24) is 10.2 Å². The van der Waals surface area contributed by atoms with Crippen molar-refractivity contribution in [3.05, 3.63) is 35.4 Å². The zero-order chi connectivity index (χ0) is 14.0. The van der Waals surface area contributed by atoms with Gasteiger partial charge in [0, 0.05) is 13.6 Å². The minimum atomic E-state index is -0.974. The van der Waals surface area contributed by atoms with Gasteiger partial charge >= 0.3 is 5.97 Å². The third-order valence-corrected chi connectivity index (χ3v) is 3.13. The Hall–Kier alpha value is -2.21. The number of amides is 2. The number of benzene rings is 1. The summed E-state index contributed by atoms with van der Waals surface area (Å²) in [5, 5.41) is 11.8. The number of carboxylic acids is 1. The first-order valence-electron chi connectivity index (χ1n) is 5.85. The van der Waals surface area contributed by atoms with Crippen LogP contribution in [0, 0.1) is 0 Å². The number of carboxylic acid groups (broad SMARTS) is 1. The second-order valence-electron chi connectivity index (χ2n) is 4.43. The number of imide groups is 1. The van der Waals surface area contributed by atoms with Crippen molar-refractivity contribution in [2.45, 2.75) is 19.0 Å². The van der Waals surface area contributed by atoms with E-state index >= 15 is 0 Å². The van der Waals surface area contributed by atoms with Crippen molar-refractivity contribution in [3.8, 4) is 0 Å². The van der Waals surface area contributed by atoms with Gasteiger partial charge in [0.25, 0.3) is 0 Å². The Morgan fingerprint density at radius 3 is 2.47 bits per heavy atom. The van der Waals surface area contributed by atoms with E-state index in [0.717, 1.165) is 10.5 Å². The highest BCUT2D eigenvalue weighted by Crippen LogP contribution is 2.12. The summed E-state index contributed by atoms with van der Waals surface area (Å²) in [7, 11) is 1.47. The Kier molecular flexibility index (Phi) is 3.62. The third-order valence-electron chi connectivity index (χ3n) is 3.13. The molecule has 1 aliphatic heterocycles. The molecule has 0 spiro atoms. The number of nitrogens with one attached hydrogen (secondary N) is 1. The first-order valence-corrected chi connectivity index (χ1v) is 5.85. The minimum absolute atomic E-state index is 0.169. The molecular weight excluding hydrogens is 248 g/mol. The summed E-state index contributed by atoms with van der Waals surface area (Å²) in [5.74, 6) is -1.39. The Balaban J connectivity index is 1.94. The molecule has 6 nitrogen and oxygen atoms in total. The molecule has 1 atom stereocenters. The van der Waals surface area contributed by atoms with Crippen LogP contribution in [0.3, 0.4) is 0 Å². The lowest BCUT2D eigenvalue weighted by molar-refractivity contribution is -0.137. The summed E-state index contributed by atoms with van der Waals surface area (Å²) in [5.41, 5.74) is 1.08. The van der Waals surface area contributed by atoms with Gasteiger partial charge in [-0.15, -0.1) is 0 Å². The Bertz CT molecular complexity index is 524. The highest BCUT2D eigenvalue weighted by molar-refractivity contribution is 6.05. The van der Waals surface area contributed by atoms with Crippen LogP contribution in [0.4, 0.5) is 0 Å². The number of hydrogen-bond acceptors (Lipinski definition) is 4. The Labute approximate surface area is 110 Å². The van der Waals surface area contributed by atoms with Gasteiger partial charge in [-0.25, -0.2) is 4.79 Å². The maximum Gasteiger partial charge on any atom is 0.335 e. The van der Waals surface area contributed by atoms with Crippen LogP contribution in [-0.2, 0) is 16.1 Å². The summed E-state index contributed by atoms with van der Waals surface area (Å²) in [4.78, 5) is 34.8. The lowest BCUT2D eigenvalue weighted by atomic mass is 10.1. The summed E-state index contributed by atoms with van der Waals surface area (Å²) in [6.45, 7) is 0.414. The van der Waals surface area contributed by atoms with E-state index in [-0.39, 0.29) is 23.8 Å². The van der Waals surface area contributed by atoms with E-state index in [4.69, 9.17) is 5.11 Å². The van der Waals surface area contributed by atoms with Gasteiger partial charge in [-0.2, -0.15) is 0 Å². The quantitative estimate of drug-likeness (QED) is 0.759. The molecular formula is C13H14N2O4. The molecule has 2 N–H and O–H groups in total. The lowest BCUT2D eigenvalue weighted by Crippen LogP contribution is -2.36. The highest BCUT2D eigenvalue weighted by atomic mass is 16.4. The molecule has 1 aromatic carbocycles. The van der Waals surface area contributed by atoms with Crippen LogP contribution in [0.15, 0.2) is 24.3 Å². The van der Waals surface area contributed by atoms with Crippen LogP contribution in [0.1, 0.15) is 22.3 Å². The molecule has 1 saturated heterocycles. The molecule has 1 aromatic rings. The lowest BCUT2D eigenvalue weighted by Gasteiger charge is -2.11. The number of carbonyl (C=O) groups excluding carboxylic acids is 2. The molecule has 2 rings (SSSR count). The van der Waals surface area contributed by atoms with Gasteiger partial charge in [0.2, 0.25) is 11.8 Å². The molecule has 0 saturated carbocycles. The van der Waals surface area contributed by atoms with Crippen LogP contribution in [0.2, 0.25) is 0 Å². The second kappa shape index (κ2) is 5.19. The number of carbonyl (C=O) groups is 3. The van der Waals surface area contributed by atoms with Crippen LogP contribution in [-0.4, -0.2) is 40.9 Å². The van der Waals surface area contributed by atoms with E-state index in [1.165, 1.54) is 19.2 Å². The summed E-state index contributed by atoms with van der Waals surface area (Å²) < 4.78 is 0. The normalized spacial score (nSPS) is 19.0. The van der Waals surface area contributed by atoms with Crippen LogP contribution >= 0.6 is 0 Å². The predicted molar refractivity (Wildman–Crippen MR) is 66.4 cm³/mol. The summed E-state index contributed by atoms with van der Waals surface area (Å²) in [6.07, 6.45) is 0.169. The van der Waals surface area contributed by atoms with E-state index in [1.54, 1.807) is 12.1 Å². The SMILES string of the molecule is CN1C(=O)CC(NCc2ccc(C(=O)O)cc2)C1=O. The average Bonchev–Trinajstić information content (AvgIpc) is 2.64. The van der Waals surface area contributed by atoms with Gasteiger partial charge < -0.3 is 10.4 Å². The van der Waals surface area contributed by atoms with Gasteiger partial charge in [0.05, 0.1) is 18.0 Å². The number of likely N-dealkylation sites (N-methyl/N-ethyl adjacent to an activating group) is 1. The smallest absolute Gasteiger partial charge is 0.335 e. The molecule has 100 valence electrons. The fourth-order valence-corrected chi connectivity index (χ4v) is 1.92. The Morgan fingerprint density at radius 1 is 1.37 bits per heavy atom. The average molecular weight is 262 g/mol. The number of aromatic carboxylic acids is 1. The van der Waals surface area contributed by atoms with E-state index in [0.29, 0.717) is 6.54 Å². The van der Waals surface area contributed by atoms with Gasteiger partial charge in [-0.1, -0.05) is 12.1 Å². The number of likely N-dealkylation sites (tertiary alicyclic amines) is 1. The molecule has 0 aliphatic carbocycles. The largest absolute Gasteiger partial charge is 0.478 e. The number of nitrogens with zero attached hydrogens (tertiary/aromatic N) is 1. The van der Waals surface area contributed by atoms with Crippen LogP contribution < -0.4 is 5.32 Å². The maximum atomic E-state index is 11.6. The molecule has 1 unspecified atom stereocenters. The summed E-state index contributed by atoms with van der Waals surface area (Å²) in [6, 6.07) is 5.89. The van der Waals surface area contributed by atoms with Crippen LogP contribution in [0.5, 0.6) is 0 Å². The van der Waals surface area contributed by atoms with E-state index < -0.39 is 12.0 Å². The van der Waals surface area contributed by atoms with Crippen LogP contribution in [0.25, 0.3) is 0 Å². The molecule has 1 heterocycles. The summed E-state index contributed by atoms with van der Waals surface area (Å²) >= 11 is 0. The van der Waals surface area contributed by atoms with Gasteiger partial charge in [-0.05, 0) is 17.7 Å². The van der Waals surface area contributed by atoms with Gasteiger partial charge in [-0.3, -0.25) is 14.5 Å². The molecule has 6 heteroatoms. The fourth-order valence-electron chi connectivity index (χ4n) is 1.92. The first kappa shape index (κ1) is 13.2. The molecule has 2 amide bonds. The van der Waals surface area contributed by atoms with Crippen molar-refractivity contribution in [2.75, 3.05) is 7.05 Å². The van der Waals surface area contributed by atoms with Crippen molar-refractivity contribution in [1.29, 1.82) is 0 Å². The Morgan fingerprint density at radius 2 is 2.00 bits per heavy atom. The monoisotopic (exact) mass is 262 g/mol. The zero-order valence-corrected chi connectivity index (χ0v) is 10.4. The van der Waals surface area contributed by atoms with Crippen molar-refractivity contribution < 1.29 is 19.5 Å². The molecule has 19 heavy (non-hydrogen) atoms. The maximum absolute atomic E-state index is 11.6. The van der Waals surface area contributed by atoms with Crippen molar-refractivity contribution >= 4 is 17.8 Å². The topological polar surface area (TPSA) is 86.7 Å². The minimum Gasteiger partial charge on any atom is -0.478 e. The third kappa shape index (κ3) is 2.79. The van der Waals surface area contributed by atoms with Gasteiger partial charge in [0.15, 0.2) is 0 Å². The van der Waals surface area contributed by atoms with E-state index in [9.17, 15) is 14.4 Å². The number of hydrogen-bond donors (Lipinski definition) is 2. The van der Waals surface area contributed by atoms with E-state index in [1.807, 2.05) is 0 Å². The number of rotatable bonds is 4. The standard InChI is InChI=1S/C13H14N2O4/c1-15-11(16)6-10(12(15)17)14-7-8-2-4-9(5-3-8)13(18)19/h2-5,10,14H,6-7H2,1H3,(H,18,19). The van der Waals surface area contributed by atoms with E-state index in [2.05, 4.69) is 5.32 Å². The molecule has 0 radical (unpaired) electrons. The second-order valence-corrected chi connectivity index (χ2v) is 4.43. The van der Waals surface area contributed by atoms with Crippen molar-refractivity contribution in [3.63, 3.8) is 0 Å². The predicted octanol–water partition coefficient (Wildman–Crippen LogP) is 0.232. The van der Waals surface area contributed by atoms with Crippen molar-refractivity contribution in [2.24, 2.45) is 0 Å². The zero-order valence-electron chi connectivity index (χ0n) is 10.4. The highest BCUT2D eigenvalue weighted by Gasteiger charge is 2.35. The van der Waals surface area contributed by atoms with Gasteiger partial charge in [0.1, 0.15) is 0 Å². The molecule has 1 fully saturated rings. The molecule has 1 aliphatic rings. The fraction of sp³-hybridized carbons (Fsp3) is 0.308. The molecule has 0 bridgehead atoms.